The SMILES string of the molecule is O=C(COc1ccc(Cl)cc1Cl)Oc1ccc(C=NNC(=O)c2ccccc2Br)cc1. The van der Waals surface area contributed by atoms with E-state index in [-0.39, 0.29) is 12.5 Å². The van der Waals surface area contributed by atoms with Gasteiger partial charge in [0.25, 0.3) is 5.91 Å². The second kappa shape index (κ2) is 10.9. The van der Waals surface area contributed by atoms with Gasteiger partial charge in [-0.2, -0.15) is 5.10 Å². The van der Waals surface area contributed by atoms with Crippen molar-refractivity contribution in [2.45, 2.75) is 0 Å². The quantitative estimate of drug-likeness (QED) is 0.192. The summed E-state index contributed by atoms with van der Waals surface area (Å²) in [4.78, 5) is 24.1. The summed E-state index contributed by atoms with van der Waals surface area (Å²) >= 11 is 15.1. The molecule has 6 nitrogen and oxygen atoms in total. The lowest BCUT2D eigenvalue weighted by Gasteiger charge is -2.08. The fraction of sp³-hybridized carbons (Fsp3) is 0.0455. The van der Waals surface area contributed by atoms with Crippen LogP contribution < -0.4 is 14.9 Å². The molecule has 0 saturated carbocycles. The van der Waals surface area contributed by atoms with Gasteiger partial charge in [0, 0.05) is 9.50 Å². The van der Waals surface area contributed by atoms with Crippen LogP contribution in [0, 0.1) is 0 Å². The topological polar surface area (TPSA) is 77.0 Å². The van der Waals surface area contributed by atoms with Gasteiger partial charge in [-0.25, -0.2) is 10.2 Å². The summed E-state index contributed by atoms with van der Waals surface area (Å²) in [5, 5.41) is 4.70. The van der Waals surface area contributed by atoms with Gasteiger partial charge in [0.1, 0.15) is 11.5 Å². The number of carbonyl (C=O) groups is 2. The highest BCUT2D eigenvalue weighted by atomic mass is 79.9. The van der Waals surface area contributed by atoms with Crippen LogP contribution in [0.25, 0.3) is 0 Å². The van der Waals surface area contributed by atoms with Crippen molar-refractivity contribution in [1.82, 2.24) is 5.43 Å². The van der Waals surface area contributed by atoms with Crippen molar-refractivity contribution in [2.24, 2.45) is 5.10 Å². The zero-order valence-electron chi connectivity index (χ0n) is 15.8. The first kappa shape index (κ1) is 22.8. The summed E-state index contributed by atoms with van der Waals surface area (Å²) in [6.07, 6.45) is 1.48. The van der Waals surface area contributed by atoms with E-state index in [1.54, 1.807) is 54.6 Å². The molecule has 0 aliphatic rings. The van der Waals surface area contributed by atoms with E-state index in [4.69, 9.17) is 32.7 Å². The maximum atomic E-state index is 12.1. The molecule has 31 heavy (non-hydrogen) atoms. The number of rotatable bonds is 7. The molecule has 158 valence electrons. The molecule has 3 aromatic carbocycles. The normalized spacial score (nSPS) is 10.7. The minimum atomic E-state index is -0.590. The number of halogens is 3. The van der Waals surface area contributed by atoms with Crippen LogP contribution in [0.5, 0.6) is 11.5 Å². The minimum absolute atomic E-state index is 0.302. The van der Waals surface area contributed by atoms with Gasteiger partial charge in [-0.3, -0.25) is 4.79 Å². The molecule has 0 aromatic heterocycles. The van der Waals surface area contributed by atoms with E-state index >= 15 is 0 Å². The largest absolute Gasteiger partial charge is 0.480 e. The molecule has 0 radical (unpaired) electrons. The second-order valence-electron chi connectivity index (χ2n) is 6.09. The molecule has 1 N–H and O–H groups in total. The number of esters is 1. The highest BCUT2D eigenvalue weighted by Crippen LogP contribution is 2.27. The Morgan fingerprint density at radius 1 is 1.03 bits per heavy atom. The molecule has 0 spiro atoms. The van der Waals surface area contributed by atoms with Crippen LogP contribution in [0.3, 0.4) is 0 Å². The van der Waals surface area contributed by atoms with Crippen molar-refractivity contribution < 1.29 is 19.1 Å². The van der Waals surface area contributed by atoms with Gasteiger partial charge in [0.2, 0.25) is 0 Å². The third kappa shape index (κ3) is 6.82. The first-order valence-corrected chi connectivity index (χ1v) is 10.4. The number of amides is 1. The van der Waals surface area contributed by atoms with Gasteiger partial charge in [0.15, 0.2) is 6.61 Å². The molecule has 0 aliphatic carbocycles. The van der Waals surface area contributed by atoms with E-state index in [0.717, 1.165) is 0 Å². The average molecular weight is 522 g/mol. The molecule has 0 unspecified atom stereocenters. The second-order valence-corrected chi connectivity index (χ2v) is 7.78. The number of benzene rings is 3. The number of hydrogen-bond donors (Lipinski definition) is 1. The molecule has 3 aromatic rings. The van der Waals surface area contributed by atoms with Gasteiger partial charge in [-0.1, -0.05) is 35.3 Å². The van der Waals surface area contributed by atoms with Gasteiger partial charge >= 0.3 is 5.97 Å². The number of hydrazone groups is 1. The number of hydrogen-bond acceptors (Lipinski definition) is 5. The lowest BCUT2D eigenvalue weighted by atomic mass is 10.2. The predicted octanol–water partition coefficient (Wildman–Crippen LogP) is 5.50. The number of nitrogens with one attached hydrogen (secondary N) is 1. The summed E-state index contributed by atoms with van der Waals surface area (Å²) in [5.74, 6) is -0.257. The van der Waals surface area contributed by atoms with Crippen LogP contribution in [0.15, 0.2) is 76.3 Å². The monoisotopic (exact) mass is 520 g/mol. The zero-order chi connectivity index (χ0) is 22.2. The van der Waals surface area contributed by atoms with Crippen LogP contribution in [0.4, 0.5) is 0 Å². The van der Waals surface area contributed by atoms with E-state index < -0.39 is 5.97 Å². The maximum Gasteiger partial charge on any atom is 0.349 e. The molecular formula is C22H15BrCl2N2O4. The van der Waals surface area contributed by atoms with E-state index in [0.29, 0.717) is 37.1 Å². The van der Waals surface area contributed by atoms with Crippen molar-refractivity contribution in [3.63, 3.8) is 0 Å². The highest BCUT2D eigenvalue weighted by Gasteiger charge is 2.09. The molecule has 3 rings (SSSR count). The Morgan fingerprint density at radius 2 is 1.77 bits per heavy atom. The Bertz CT molecular complexity index is 1120. The first-order chi connectivity index (χ1) is 14.9. The fourth-order valence-electron chi connectivity index (χ4n) is 2.38. The van der Waals surface area contributed by atoms with E-state index in [9.17, 15) is 9.59 Å². The van der Waals surface area contributed by atoms with Crippen molar-refractivity contribution in [2.75, 3.05) is 6.61 Å². The first-order valence-electron chi connectivity index (χ1n) is 8.89. The molecule has 0 fully saturated rings. The van der Waals surface area contributed by atoms with Gasteiger partial charge in [0.05, 0.1) is 16.8 Å². The van der Waals surface area contributed by atoms with Crippen LogP contribution in [0.1, 0.15) is 15.9 Å². The number of nitrogens with zero attached hydrogens (tertiary/aromatic N) is 1. The Labute approximate surface area is 196 Å². The van der Waals surface area contributed by atoms with Crippen molar-refractivity contribution in [1.29, 1.82) is 0 Å². The third-order valence-electron chi connectivity index (χ3n) is 3.85. The summed E-state index contributed by atoms with van der Waals surface area (Å²) in [7, 11) is 0. The van der Waals surface area contributed by atoms with Crippen LogP contribution >= 0.6 is 39.1 Å². The summed E-state index contributed by atoms with van der Waals surface area (Å²) < 4.78 is 11.2. The summed E-state index contributed by atoms with van der Waals surface area (Å²) in [5.41, 5.74) is 3.64. The summed E-state index contributed by atoms with van der Waals surface area (Å²) in [6, 6.07) is 18.3. The molecule has 0 bridgehead atoms. The van der Waals surface area contributed by atoms with Crippen molar-refractivity contribution in [3.05, 3.63) is 92.4 Å². The Balaban J connectivity index is 1.49. The molecule has 0 aliphatic heterocycles. The van der Waals surface area contributed by atoms with Gasteiger partial charge < -0.3 is 9.47 Å². The number of carbonyl (C=O) groups excluding carboxylic acids is 2. The van der Waals surface area contributed by atoms with Crippen LogP contribution in [-0.2, 0) is 4.79 Å². The minimum Gasteiger partial charge on any atom is -0.480 e. The zero-order valence-corrected chi connectivity index (χ0v) is 18.9. The lowest BCUT2D eigenvalue weighted by Crippen LogP contribution is -2.18. The standard InChI is InChI=1S/C22H15BrCl2N2O4/c23-18-4-2-1-3-17(18)22(29)27-26-12-14-5-8-16(9-6-14)31-21(28)13-30-20-10-7-15(24)11-19(20)25/h1-12H,13H2,(H,27,29). The van der Waals surface area contributed by atoms with Gasteiger partial charge in [-0.05, 0) is 76.1 Å². The Hall–Kier alpha value is -2.87. The van der Waals surface area contributed by atoms with Crippen LogP contribution in [-0.4, -0.2) is 24.7 Å². The van der Waals surface area contributed by atoms with E-state index in [1.807, 2.05) is 6.07 Å². The molecule has 0 atom stereocenters. The third-order valence-corrected chi connectivity index (χ3v) is 5.07. The summed E-state index contributed by atoms with van der Waals surface area (Å²) in [6.45, 7) is -0.314. The fourth-order valence-corrected chi connectivity index (χ4v) is 3.31. The Morgan fingerprint density at radius 3 is 2.48 bits per heavy atom. The molecule has 9 heteroatoms. The van der Waals surface area contributed by atoms with Crippen molar-refractivity contribution in [3.8, 4) is 11.5 Å². The van der Waals surface area contributed by atoms with E-state index in [1.165, 1.54) is 12.3 Å². The molecule has 0 saturated heterocycles. The van der Waals surface area contributed by atoms with Crippen molar-refractivity contribution >= 4 is 57.2 Å². The molecular weight excluding hydrogens is 507 g/mol. The predicted molar refractivity (Wildman–Crippen MR) is 123 cm³/mol. The smallest absolute Gasteiger partial charge is 0.349 e. The molecule has 1 amide bonds. The molecule has 0 heterocycles. The maximum absolute atomic E-state index is 12.1. The van der Waals surface area contributed by atoms with Crippen LogP contribution in [0.2, 0.25) is 10.0 Å². The average Bonchev–Trinajstić information content (AvgIpc) is 2.74. The number of ether oxygens (including phenoxy) is 2. The Kier molecular flexibility index (Phi) is 8.06. The lowest BCUT2D eigenvalue weighted by molar-refractivity contribution is -0.136. The van der Waals surface area contributed by atoms with Gasteiger partial charge in [-0.15, -0.1) is 0 Å². The van der Waals surface area contributed by atoms with E-state index in [2.05, 4.69) is 26.5 Å². The highest BCUT2D eigenvalue weighted by molar-refractivity contribution is 9.10.